The molecule has 0 saturated heterocycles. The van der Waals surface area contributed by atoms with Crippen LogP contribution in [0.2, 0.25) is 0 Å². The quantitative estimate of drug-likeness (QED) is 0.421. The highest BCUT2D eigenvalue weighted by Gasteiger charge is 2.74. The molecule has 0 N–H and O–H groups in total. The van der Waals surface area contributed by atoms with Gasteiger partial charge in [0.25, 0.3) is 0 Å². The summed E-state index contributed by atoms with van der Waals surface area (Å²) in [5.41, 5.74) is -9.64. The zero-order valence-electron chi connectivity index (χ0n) is 15.7. The van der Waals surface area contributed by atoms with Crippen LogP contribution in [0.1, 0.15) is 36.1 Å². The maximum atomic E-state index is 15.0. The van der Waals surface area contributed by atoms with E-state index >= 15 is 0 Å². The first-order valence-electron chi connectivity index (χ1n) is 8.74. The van der Waals surface area contributed by atoms with Crippen molar-refractivity contribution in [2.45, 2.75) is 50.9 Å². The third kappa shape index (κ3) is 4.13. The molecule has 0 saturated carbocycles. The average Bonchev–Trinajstić information content (AvgIpc) is 2.63. The molecule has 0 bridgehead atoms. The Hall–Kier alpha value is -2.26. The van der Waals surface area contributed by atoms with E-state index in [1.807, 2.05) is 0 Å². The van der Waals surface area contributed by atoms with Gasteiger partial charge in [-0.3, -0.25) is 0 Å². The van der Waals surface area contributed by atoms with E-state index in [9.17, 15) is 43.9 Å². The van der Waals surface area contributed by atoms with E-state index in [4.69, 9.17) is 0 Å². The van der Waals surface area contributed by atoms with Gasteiger partial charge in [-0.1, -0.05) is 38.1 Å². The fraction of sp³-hybridized carbons (Fsp3) is 0.400. The van der Waals surface area contributed by atoms with Gasteiger partial charge in [0.05, 0.1) is 5.56 Å². The van der Waals surface area contributed by atoms with Gasteiger partial charge in [0.15, 0.2) is 0 Å². The van der Waals surface area contributed by atoms with Crippen molar-refractivity contribution in [2.24, 2.45) is 0 Å². The normalized spacial score (nSPS) is 13.6. The maximum Gasteiger partial charge on any atom is 0.435 e. The summed E-state index contributed by atoms with van der Waals surface area (Å²) in [4.78, 5) is 0. The molecule has 30 heavy (non-hydrogen) atoms. The highest BCUT2D eigenvalue weighted by atomic mass is 19.4. The molecule has 0 spiro atoms. The summed E-state index contributed by atoms with van der Waals surface area (Å²) in [6.07, 6.45) is -17.5. The predicted molar refractivity (Wildman–Crippen MR) is 90.5 cm³/mol. The van der Waals surface area contributed by atoms with Crippen LogP contribution in [0.5, 0.6) is 0 Å². The third-order valence-corrected chi connectivity index (χ3v) is 4.72. The van der Waals surface area contributed by atoms with Gasteiger partial charge < -0.3 is 0 Å². The van der Waals surface area contributed by atoms with Gasteiger partial charge in [0.2, 0.25) is 0 Å². The molecule has 0 heterocycles. The molecule has 0 aliphatic heterocycles. The van der Waals surface area contributed by atoms with Crippen molar-refractivity contribution in [2.75, 3.05) is 0 Å². The summed E-state index contributed by atoms with van der Waals surface area (Å²) in [7, 11) is 0. The minimum Gasteiger partial charge on any atom is -0.218 e. The molecule has 166 valence electrons. The Balaban J connectivity index is 2.93. The van der Waals surface area contributed by atoms with Crippen LogP contribution < -0.4 is 0 Å². The van der Waals surface area contributed by atoms with E-state index in [0.29, 0.717) is 18.2 Å². The van der Waals surface area contributed by atoms with Gasteiger partial charge in [-0.2, -0.15) is 39.5 Å². The van der Waals surface area contributed by atoms with Gasteiger partial charge in [0, 0.05) is 5.56 Å². The Kier molecular flexibility index (Phi) is 6.22. The second-order valence-corrected chi connectivity index (χ2v) is 6.61. The largest absolute Gasteiger partial charge is 0.435 e. The lowest BCUT2D eigenvalue weighted by molar-refractivity contribution is -0.348. The van der Waals surface area contributed by atoms with Crippen LogP contribution in [0.4, 0.5) is 43.9 Å². The zero-order chi connectivity index (χ0) is 23.1. The van der Waals surface area contributed by atoms with Crippen molar-refractivity contribution in [3.63, 3.8) is 0 Å². The maximum absolute atomic E-state index is 15.0. The van der Waals surface area contributed by atoms with E-state index in [2.05, 4.69) is 0 Å². The lowest BCUT2D eigenvalue weighted by atomic mass is 9.82. The lowest BCUT2D eigenvalue weighted by Gasteiger charge is -2.33. The molecule has 2 rings (SSSR count). The van der Waals surface area contributed by atoms with Gasteiger partial charge in [0.1, 0.15) is 0 Å². The Morgan fingerprint density at radius 3 is 1.53 bits per heavy atom. The van der Waals surface area contributed by atoms with Crippen LogP contribution in [0, 0.1) is 0 Å². The van der Waals surface area contributed by atoms with Crippen molar-refractivity contribution in [3.8, 4) is 11.1 Å². The second-order valence-electron chi connectivity index (χ2n) is 6.61. The zero-order valence-corrected chi connectivity index (χ0v) is 15.7. The molecule has 0 aliphatic carbocycles. The Morgan fingerprint density at radius 2 is 1.17 bits per heavy atom. The number of rotatable bonds is 4. The minimum absolute atomic E-state index is 0.0269. The molecular weight excluding hydrogens is 430 g/mol. The summed E-state index contributed by atoms with van der Waals surface area (Å²) in [5.74, 6) is 0. The monoisotopic (exact) mass is 446 g/mol. The average molecular weight is 446 g/mol. The van der Waals surface area contributed by atoms with E-state index in [0.717, 1.165) is 12.1 Å². The number of halogens is 10. The number of alkyl halides is 10. The summed E-state index contributed by atoms with van der Waals surface area (Å²) in [5, 5.41) is 0. The van der Waals surface area contributed by atoms with Crippen molar-refractivity contribution in [1.82, 2.24) is 0 Å². The highest BCUT2D eigenvalue weighted by Crippen LogP contribution is 2.56. The van der Waals surface area contributed by atoms with Crippen LogP contribution in [0.3, 0.4) is 0 Å². The minimum atomic E-state index is -6.34. The molecule has 0 radical (unpaired) electrons. The summed E-state index contributed by atoms with van der Waals surface area (Å²) in [6.45, 7) is 2.91. The summed E-state index contributed by atoms with van der Waals surface area (Å²) < 4.78 is 134. The third-order valence-electron chi connectivity index (χ3n) is 4.72. The van der Waals surface area contributed by atoms with Gasteiger partial charge in [-0.05, 0) is 47.2 Å². The lowest BCUT2D eigenvalue weighted by Crippen LogP contribution is -2.50. The molecule has 0 amide bonds. The van der Waals surface area contributed by atoms with Gasteiger partial charge >= 0.3 is 24.2 Å². The SMILES string of the molecule is CCc1cc(CC)c(-c2ccc(C(F)(F)F)cc2)c(C(F)(C(F)(F)F)C(F)(F)F)c1. The predicted octanol–water partition coefficient (Wildman–Crippen LogP) is 7.79. The van der Waals surface area contributed by atoms with E-state index < -0.39 is 40.9 Å². The van der Waals surface area contributed by atoms with Gasteiger partial charge in [-0.25, -0.2) is 4.39 Å². The number of hydrogen-bond donors (Lipinski definition) is 0. The van der Waals surface area contributed by atoms with Crippen LogP contribution in [0.15, 0.2) is 36.4 Å². The summed E-state index contributed by atoms with van der Waals surface area (Å²) >= 11 is 0. The first-order chi connectivity index (χ1) is 13.6. The van der Waals surface area contributed by atoms with Crippen LogP contribution in [-0.2, 0) is 24.7 Å². The number of aryl methyl sites for hydroxylation is 2. The van der Waals surface area contributed by atoms with Crippen LogP contribution >= 0.6 is 0 Å². The standard InChI is InChI=1S/C20H16F10/c1-3-11-9-12(4-2)16(13-5-7-14(8-6-13)18(22,23)24)15(10-11)17(21,19(25,26)27)20(28,29)30/h5-10H,3-4H2,1-2H3. The molecule has 2 aromatic rings. The molecule has 2 aromatic carbocycles. The topological polar surface area (TPSA) is 0 Å². The van der Waals surface area contributed by atoms with Crippen LogP contribution in [-0.4, -0.2) is 12.4 Å². The van der Waals surface area contributed by atoms with Gasteiger partial charge in [-0.15, -0.1) is 0 Å². The molecule has 0 unspecified atom stereocenters. The Bertz CT molecular complexity index is 872. The molecule has 0 aromatic heterocycles. The first kappa shape index (κ1) is 24.0. The Morgan fingerprint density at radius 1 is 0.667 bits per heavy atom. The fourth-order valence-electron chi connectivity index (χ4n) is 3.16. The molecule has 0 aliphatic rings. The van der Waals surface area contributed by atoms with E-state index in [-0.39, 0.29) is 29.5 Å². The second kappa shape index (κ2) is 7.77. The van der Waals surface area contributed by atoms with Crippen molar-refractivity contribution < 1.29 is 43.9 Å². The molecule has 0 atom stereocenters. The van der Waals surface area contributed by atoms with Crippen molar-refractivity contribution in [3.05, 3.63) is 58.7 Å². The Labute approximate surface area is 165 Å². The van der Waals surface area contributed by atoms with Crippen molar-refractivity contribution >= 4 is 0 Å². The fourth-order valence-corrected chi connectivity index (χ4v) is 3.16. The van der Waals surface area contributed by atoms with E-state index in [1.54, 1.807) is 0 Å². The molecule has 0 nitrogen and oxygen atoms in total. The highest BCUT2D eigenvalue weighted by molar-refractivity contribution is 5.74. The molecule has 10 heteroatoms. The molecule has 0 fully saturated rings. The van der Waals surface area contributed by atoms with Crippen molar-refractivity contribution in [1.29, 1.82) is 0 Å². The van der Waals surface area contributed by atoms with Crippen LogP contribution in [0.25, 0.3) is 11.1 Å². The molecular formula is C20H16F10. The number of benzene rings is 2. The summed E-state index contributed by atoms with van der Waals surface area (Å²) in [6, 6.07) is 4.32. The smallest absolute Gasteiger partial charge is 0.218 e. The van der Waals surface area contributed by atoms with E-state index in [1.165, 1.54) is 19.9 Å². The first-order valence-corrected chi connectivity index (χ1v) is 8.74. The number of hydrogen-bond acceptors (Lipinski definition) is 0.